The predicted octanol–water partition coefficient (Wildman–Crippen LogP) is 1.59. The molecule has 0 aliphatic carbocycles. The molecule has 4 heteroatoms. The second kappa shape index (κ2) is 5.80. The molecule has 0 radical (unpaired) electrons. The van der Waals surface area contributed by atoms with Crippen LogP contribution in [0.5, 0.6) is 11.5 Å². The van der Waals surface area contributed by atoms with Gasteiger partial charge >= 0.3 is 0 Å². The van der Waals surface area contributed by atoms with Crippen LogP contribution in [0.3, 0.4) is 0 Å². The Labute approximate surface area is 94.7 Å². The molecule has 0 saturated carbocycles. The first-order valence-corrected chi connectivity index (χ1v) is 4.84. The van der Waals surface area contributed by atoms with E-state index in [9.17, 15) is 4.79 Å². The van der Waals surface area contributed by atoms with E-state index in [2.05, 4.69) is 0 Å². The van der Waals surface area contributed by atoms with Gasteiger partial charge in [0.2, 0.25) is 5.91 Å². The van der Waals surface area contributed by atoms with Gasteiger partial charge in [-0.25, -0.2) is 0 Å². The first kappa shape index (κ1) is 12.1. The van der Waals surface area contributed by atoms with Crippen LogP contribution in [0.1, 0.15) is 12.0 Å². The van der Waals surface area contributed by atoms with Crippen LogP contribution < -0.4 is 15.2 Å². The van der Waals surface area contributed by atoms with Gasteiger partial charge in [0, 0.05) is 12.0 Å². The minimum atomic E-state index is -0.363. The Morgan fingerprint density at radius 2 is 2.12 bits per heavy atom. The predicted molar refractivity (Wildman–Crippen MR) is 62.4 cm³/mol. The third-order valence-electron chi connectivity index (χ3n) is 2.05. The van der Waals surface area contributed by atoms with Crippen LogP contribution in [0.4, 0.5) is 0 Å². The average molecular weight is 221 g/mol. The summed E-state index contributed by atoms with van der Waals surface area (Å²) in [5.41, 5.74) is 5.89. The first-order valence-electron chi connectivity index (χ1n) is 4.84. The Morgan fingerprint density at radius 3 is 2.69 bits per heavy atom. The normalized spacial score (nSPS) is 10.4. The molecule has 0 heterocycles. The number of rotatable bonds is 5. The zero-order valence-electron chi connectivity index (χ0n) is 9.40. The molecule has 0 aromatic heterocycles. The standard InChI is InChI=1S/C12H15NO3/c1-15-10-6-7-11(16-2)9(8-10)4-3-5-12(13)14/h3-4,6-8H,5H2,1-2H3,(H2,13,14). The molecular formula is C12H15NO3. The highest BCUT2D eigenvalue weighted by molar-refractivity contribution is 5.76. The molecule has 0 atom stereocenters. The van der Waals surface area contributed by atoms with Crippen molar-refractivity contribution in [2.45, 2.75) is 6.42 Å². The third-order valence-corrected chi connectivity index (χ3v) is 2.05. The second-order valence-electron chi connectivity index (χ2n) is 3.18. The fraction of sp³-hybridized carbons (Fsp3) is 0.250. The summed E-state index contributed by atoms with van der Waals surface area (Å²) in [5, 5.41) is 0. The van der Waals surface area contributed by atoms with Gasteiger partial charge in [-0.2, -0.15) is 0 Å². The van der Waals surface area contributed by atoms with Gasteiger partial charge in [0.1, 0.15) is 11.5 Å². The largest absolute Gasteiger partial charge is 0.497 e. The van der Waals surface area contributed by atoms with Gasteiger partial charge < -0.3 is 15.2 Å². The summed E-state index contributed by atoms with van der Waals surface area (Å²) in [7, 11) is 3.19. The van der Waals surface area contributed by atoms with E-state index in [-0.39, 0.29) is 12.3 Å². The maximum atomic E-state index is 10.6. The summed E-state index contributed by atoms with van der Waals surface area (Å²) in [5.74, 6) is 1.10. The number of benzene rings is 1. The van der Waals surface area contributed by atoms with E-state index in [1.807, 2.05) is 18.2 Å². The van der Waals surface area contributed by atoms with Crippen LogP contribution in [-0.4, -0.2) is 20.1 Å². The van der Waals surface area contributed by atoms with Crippen molar-refractivity contribution < 1.29 is 14.3 Å². The fourth-order valence-corrected chi connectivity index (χ4v) is 1.27. The number of ether oxygens (including phenoxy) is 2. The average Bonchev–Trinajstić information content (AvgIpc) is 2.28. The van der Waals surface area contributed by atoms with Gasteiger partial charge in [0.25, 0.3) is 0 Å². The van der Waals surface area contributed by atoms with E-state index < -0.39 is 0 Å². The van der Waals surface area contributed by atoms with Gasteiger partial charge in [0.05, 0.1) is 14.2 Å². The monoisotopic (exact) mass is 221 g/mol. The molecule has 0 saturated heterocycles. The number of carbonyl (C=O) groups is 1. The Kier molecular flexibility index (Phi) is 4.39. The van der Waals surface area contributed by atoms with E-state index in [4.69, 9.17) is 15.2 Å². The lowest BCUT2D eigenvalue weighted by Gasteiger charge is -2.06. The third kappa shape index (κ3) is 3.31. The summed E-state index contributed by atoms with van der Waals surface area (Å²) in [4.78, 5) is 10.6. The number of carbonyl (C=O) groups excluding carboxylic acids is 1. The highest BCUT2D eigenvalue weighted by atomic mass is 16.5. The van der Waals surface area contributed by atoms with E-state index in [0.717, 1.165) is 17.1 Å². The van der Waals surface area contributed by atoms with E-state index in [1.54, 1.807) is 26.4 Å². The number of nitrogens with two attached hydrogens (primary N) is 1. The highest BCUT2D eigenvalue weighted by Crippen LogP contribution is 2.25. The van der Waals surface area contributed by atoms with Crippen molar-refractivity contribution in [1.82, 2.24) is 0 Å². The van der Waals surface area contributed by atoms with Crippen LogP contribution in [0.2, 0.25) is 0 Å². The van der Waals surface area contributed by atoms with Crippen LogP contribution in [0.25, 0.3) is 6.08 Å². The van der Waals surface area contributed by atoms with Crippen molar-refractivity contribution >= 4 is 12.0 Å². The summed E-state index contributed by atoms with van der Waals surface area (Å²) in [6.07, 6.45) is 3.69. The zero-order valence-corrected chi connectivity index (χ0v) is 9.40. The molecule has 1 aromatic carbocycles. The summed E-state index contributed by atoms with van der Waals surface area (Å²) in [6.45, 7) is 0. The Bertz CT molecular complexity index is 399. The molecular weight excluding hydrogens is 206 g/mol. The van der Waals surface area contributed by atoms with E-state index in [1.165, 1.54) is 0 Å². The van der Waals surface area contributed by atoms with Gasteiger partial charge in [0.15, 0.2) is 0 Å². The van der Waals surface area contributed by atoms with Crippen molar-refractivity contribution in [3.05, 3.63) is 29.8 Å². The van der Waals surface area contributed by atoms with Crippen LogP contribution in [0, 0.1) is 0 Å². The smallest absolute Gasteiger partial charge is 0.221 e. The second-order valence-corrected chi connectivity index (χ2v) is 3.18. The number of methoxy groups -OCH3 is 2. The fourth-order valence-electron chi connectivity index (χ4n) is 1.27. The molecule has 86 valence electrons. The molecule has 0 bridgehead atoms. The van der Waals surface area contributed by atoms with Gasteiger partial charge in [-0.3, -0.25) is 4.79 Å². The Balaban J connectivity index is 2.90. The SMILES string of the molecule is COc1ccc(OC)c(C=CCC(N)=O)c1. The minimum Gasteiger partial charge on any atom is -0.497 e. The number of hydrogen-bond acceptors (Lipinski definition) is 3. The minimum absolute atomic E-state index is 0.209. The molecule has 1 amide bonds. The molecule has 0 fully saturated rings. The molecule has 1 rings (SSSR count). The molecule has 0 spiro atoms. The highest BCUT2D eigenvalue weighted by Gasteiger charge is 2.01. The van der Waals surface area contributed by atoms with Crippen molar-refractivity contribution in [2.75, 3.05) is 14.2 Å². The Hall–Kier alpha value is -1.97. The zero-order chi connectivity index (χ0) is 12.0. The summed E-state index contributed by atoms with van der Waals surface area (Å²) < 4.78 is 10.3. The van der Waals surface area contributed by atoms with Gasteiger partial charge in [-0.1, -0.05) is 12.2 Å². The number of amides is 1. The first-order chi connectivity index (χ1) is 7.67. The molecule has 0 aliphatic heterocycles. The topological polar surface area (TPSA) is 61.6 Å². The maximum Gasteiger partial charge on any atom is 0.221 e. The van der Waals surface area contributed by atoms with Crippen LogP contribution in [0.15, 0.2) is 24.3 Å². The lowest BCUT2D eigenvalue weighted by molar-refractivity contribution is -0.117. The Morgan fingerprint density at radius 1 is 1.38 bits per heavy atom. The quantitative estimate of drug-likeness (QED) is 0.821. The van der Waals surface area contributed by atoms with Crippen LogP contribution in [-0.2, 0) is 4.79 Å². The number of hydrogen-bond donors (Lipinski definition) is 1. The van der Waals surface area contributed by atoms with Crippen molar-refractivity contribution in [2.24, 2.45) is 5.73 Å². The molecule has 1 aromatic rings. The van der Waals surface area contributed by atoms with E-state index in [0.29, 0.717) is 0 Å². The van der Waals surface area contributed by atoms with Crippen molar-refractivity contribution in [1.29, 1.82) is 0 Å². The van der Waals surface area contributed by atoms with Gasteiger partial charge in [-0.05, 0) is 18.2 Å². The van der Waals surface area contributed by atoms with Crippen molar-refractivity contribution in [3.8, 4) is 11.5 Å². The molecule has 0 unspecified atom stereocenters. The molecule has 4 nitrogen and oxygen atoms in total. The lowest BCUT2D eigenvalue weighted by Crippen LogP contribution is -2.07. The van der Waals surface area contributed by atoms with Crippen LogP contribution >= 0.6 is 0 Å². The van der Waals surface area contributed by atoms with Gasteiger partial charge in [-0.15, -0.1) is 0 Å². The lowest BCUT2D eigenvalue weighted by atomic mass is 10.1. The summed E-state index contributed by atoms with van der Waals surface area (Å²) >= 11 is 0. The number of primary amides is 1. The summed E-state index contributed by atoms with van der Waals surface area (Å²) in [6, 6.07) is 5.45. The maximum absolute atomic E-state index is 10.6. The molecule has 16 heavy (non-hydrogen) atoms. The molecule has 2 N–H and O–H groups in total. The van der Waals surface area contributed by atoms with E-state index >= 15 is 0 Å². The molecule has 0 aliphatic rings. The van der Waals surface area contributed by atoms with Crippen molar-refractivity contribution in [3.63, 3.8) is 0 Å².